The molecule has 8 heteroatoms. The molecule has 0 saturated carbocycles. The van der Waals surface area contributed by atoms with Gasteiger partial charge >= 0.3 is 0 Å². The van der Waals surface area contributed by atoms with Crippen LogP contribution in [0.4, 0.5) is 16.0 Å². The van der Waals surface area contributed by atoms with Gasteiger partial charge in [0.25, 0.3) is 5.91 Å². The quantitative estimate of drug-likeness (QED) is 0.907. The number of halogens is 1. The maximum Gasteiger partial charge on any atom is 0.258 e. The highest BCUT2D eigenvalue weighted by Crippen LogP contribution is 2.32. The molecule has 2 fully saturated rings. The number of benzene rings is 1. The first-order valence-corrected chi connectivity index (χ1v) is 8.56. The minimum absolute atomic E-state index is 0.125. The van der Waals surface area contributed by atoms with Gasteiger partial charge in [0.1, 0.15) is 5.82 Å². The molecule has 2 saturated heterocycles. The summed E-state index contributed by atoms with van der Waals surface area (Å²) in [4.78, 5) is 22.8. The van der Waals surface area contributed by atoms with Crippen molar-refractivity contribution in [3.8, 4) is 0 Å². The van der Waals surface area contributed by atoms with Gasteiger partial charge in [-0.25, -0.2) is 14.4 Å². The fourth-order valence-corrected chi connectivity index (χ4v) is 3.19. The van der Waals surface area contributed by atoms with Crippen LogP contribution in [0.15, 0.2) is 36.7 Å². The fourth-order valence-electron chi connectivity index (χ4n) is 3.19. The van der Waals surface area contributed by atoms with Crippen molar-refractivity contribution in [3.63, 3.8) is 0 Å². The zero-order valence-corrected chi connectivity index (χ0v) is 14.2. The van der Waals surface area contributed by atoms with E-state index in [4.69, 9.17) is 9.47 Å². The van der Waals surface area contributed by atoms with Gasteiger partial charge in [-0.3, -0.25) is 4.79 Å². The van der Waals surface area contributed by atoms with Crippen LogP contribution in [-0.4, -0.2) is 48.0 Å². The summed E-state index contributed by atoms with van der Waals surface area (Å²) in [6.45, 7) is 2.73. The first kappa shape index (κ1) is 16.9. The number of carbonyl (C=O) groups excluding carboxylic acids is 1. The predicted octanol–water partition coefficient (Wildman–Crippen LogP) is 2.21. The summed E-state index contributed by atoms with van der Waals surface area (Å²) >= 11 is 0. The summed E-state index contributed by atoms with van der Waals surface area (Å²) in [5, 5.41) is 2.52. The Labute approximate surface area is 150 Å². The number of anilines is 2. The molecule has 26 heavy (non-hydrogen) atoms. The molecule has 1 amide bonds. The van der Waals surface area contributed by atoms with Gasteiger partial charge in [-0.1, -0.05) is 12.1 Å². The van der Waals surface area contributed by atoms with E-state index in [1.807, 2.05) is 4.90 Å². The second-order valence-electron chi connectivity index (χ2n) is 6.30. The Morgan fingerprint density at radius 3 is 2.42 bits per heavy atom. The minimum atomic E-state index is -0.489. The molecule has 1 N–H and O–H groups in total. The van der Waals surface area contributed by atoms with Gasteiger partial charge in [-0.2, -0.15) is 0 Å². The van der Waals surface area contributed by atoms with Gasteiger partial charge in [0.2, 0.25) is 5.95 Å². The molecule has 0 atom stereocenters. The lowest BCUT2D eigenvalue weighted by Gasteiger charge is -2.37. The number of rotatable bonds is 3. The molecule has 3 heterocycles. The summed E-state index contributed by atoms with van der Waals surface area (Å²) in [7, 11) is 0. The maximum absolute atomic E-state index is 13.6. The number of nitrogens with zero attached hydrogens (tertiary/aromatic N) is 3. The second-order valence-corrected chi connectivity index (χ2v) is 6.30. The summed E-state index contributed by atoms with van der Waals surface area (Å²) < 4.78 is 25.0. The Balaban J connectivity index is 1.39. The van der Waals surface area contributed by atoms with Crippen LogP contribution in [0.1, 0.15) is 23.2 Å². The zero-order valence-electron chi connectivity index (χ0n) is 14.2. The zero-order chi connectivity index (χ0) is 18.0. The van der Waals surface area contributed by atoms with E-state index < -0.39 is 17.5 Å². The summed E-state index contributed by atoms with van der Waals surface area (Å²) in [6, 6.07) is 6.00. The summed E-state index contributed by atoms with van der Waals surface area (Å²) in [5.74, 6) is -0.833. The maximum atomic E-state index is 13.6. The van der Waals surface area contributed by atoms with E-state index in [1.165, 1.54) is 24.5 Å². The Bertz CT molecular complexity index is 783. The number of aromatic nitrogens is 2. The molecule has 7 nitrogen and oxygen atoms in total. The molecule has 2 aliphatic rings. The molecular formula is C18H19FN4O3. The molecule has 0 bridgehead atoms. The molecule has 1 aromatic carbocycles. The highest BCUT2D eigenvalue weighted by molar-refractivity contribution is 6.03. The topological polar surface area (TPSA) is 76.6 Å². The SMILES string of the molecule is O=C(Nc1ccccc1F)c1cnc(N2CCC3(CC2)OCCO3)nc1. The van der Waals surface area contributed by atoms with Crippen LogP contribution in [0.5, 0.6) is 0 Å². The molecule has 1 spiro atoms. The summed E-state index contributed by atoms with van der Waals surface area (Å²) in [6.07, 6.45) is 4.41. The van der Waals surface area contributed by atoms with Gasteiger partial charge in [0, 0.05) is 38.3 Å². The molecular weight excluding hydrogens is 339 g/mol. The average Bonchev–Trinajstić information content (AvgIpc) is 3.12. The van der Waals surface area contributed by atoms with Crippen LogP contribution in [0.25, 0.3) is 0 Å². The van der Waals surface area contributed by atoms with Crippen molar-refractivity contribution >= 4 is 17.5 Å². The molecule has 0 unspecified atom stereocenters. The number of nitrogens with one attached hydrogen (secondary N) is 1. The number of hydrogen-bond acceptors (Lipinski definition) is 6. The third-order valence-corrected chi connectivity index (χ3v) is 4.64. The molecule has 136 valence electrons. The molecule has 4 rings (SSSR count). The van der Waals surface area contributed by atoms with Crippen molar-refractivity contribution in [3.05, 3.63) is 48.0 Å². The van der Waals surface area contributed by atoms with Crippen LogP contribution in [0.2, 0.25) is 0 Å². The molecule has 2 aliphatic heterocycles. The Kier molecular flexibility index (Phi) is 4.52. The normalized spacial score (nSPS) is 18.9. The van der Waals surface area contributed by atoms with E-state index in [-0.39, 0.29) is 11.3 Å². The van der Waals surface area contributed by atoms with Crippen molar-refractivity contribution in [1.82, 2.24) is 9.97 Å². The van der Waals surface area contributed by atoms with Gasteiger partial charge in [-0.15, -0.1) is 0 Å². The van der Waals surface area contributed by atoms with Crippen LogP contribution >= 0.6 is 0 Å². The van der Waals surface area contributed by atoms with Gasteiger partial charge in [-0.05, 0) is 12.1 Å². The number of carbonyl (C=O) groups is 1. The monoisotopic (exact) mass is 358 g/mol. The Morgan fingerprint density at radius 2 is 1.77 bits per heavy atom. The highest BCUT2D eigenvalue weighted by Gasteiger charge is 2.40. The highest BCUT2D eigenvalue weighted by atomic mass is 19.1. The Morgan fingerprint density at radius 1 is 1.12 bits per heavy atom. The lowest BCUT2D eigenvalue weighted by Crippen LogP contribution is -2.45. The largest absolute Gasteiger partial charge is 0.347 e. The van der Waals surface area contributed by atoms with Crippen molar-refractivity contribution in [2.24, 2.45) is 0 Å². The van der Waals surface area contributed by atoms with Gasteiger partial charge < -0.3 is 19.7 Å². The third-order valence-electron chi connectivity index (χ3n) is 4.64. The van der Waals surface area contributed by atoms with Gasteiger partial charge in [0.05, 0.1) is 24.5 Å². The van der Waals surface area contributed by atoms with Gasteiger partial charge in [0.15, 0.2) is 5.79 Å². The third kappa shape index (κ3) is 3.38. The number of ether oxygens (including phenoxy) is 2. The van der Waals surface area contributed by atoms with Crippen LogP contribution in [-0.2, 0) is 9.47 Å². The smallest absolute Gasteiger partial charge is 0.258 e. The number of hydrogen-bond donors (Lipinski definition) is 1. The lowest BCUT2D eigenvalue weighted by atomic mass is 10.0. The van der Waals surface area contributed by atoms with Crippen LogP contribution in [0, 0.1) is 5.82 Å². The first-order chi connectivity index (χ1) is 12.7. The van der Waals surface area contributed by atoms with Crippen molar-refractivity contribution < 1.29 is 18.7 Å². The fraction of sp³-hybridized carbons (Fsp3) is 0.389. The molecule has 0 aliphatic carbocycles. The van der Waals surface area contributed by atoms with E-state index >= 15 is 0 Å². The minimum Gasteiger partial charge on any atom is -0.347 e. The Hall–Kier alpha value is -2.58. The van der Waals surface area contributed by atoms with Crippen molar-refractivity contribution in [2.45, 2.75) is 18.6 Å². The summed E-state index contributed by atoms with van der Waals surface area (Å²) in [5.41, 5.74) is 0.396. The van der Waals surface area contributed by atoms with Crippen LogP contribution in [0.3, 0.4) is 0 Å². The number of amides is 1. The first-order valence-electron chi connectivity index (χ1n) is 8.56. The number of para-hydroxylation sites is 1. The molecule has 1 aromatic heterocycles. The van der Waals surface area contributed by atoms with E-state index in [9.17, 15) is 9.18 Å². The van der Waals surface area contributed by atoms with Crippen molar-refractivity contribution in [2.75, 3.05) is 36.5 Å². The predicted molar refractivity (Wildman–Crippen MR) is 92.5 cm³/mol. The lowest BCUT2D eigenvalue weighted by molar-refractivity contribution is -0.169. The van der Waals surface area contributed by atoms with E-state index in [0.29, 0.717) is 19.2 Å². The van der Waals surface area contributed by atoms with E-state index in [1.54, 1.807) is 12.1 Å². The van der Waals surface area contributed by atoms with Crippen molar-refractivity contribution in [1.29, 1.82) is 0 Å². The van der Waals surface area contributed by atoms with E-state index in [0.717, 1.165) is 25.9 Å². The molecule has 0 radical (unpaired) electrons. The number of piperidine rings is 1. The molecule has 2 aromatic rings. The van der Waals surface area contributed by atoms with E-state index in [2.05, 4.69) is 15.3 Å². The average molecular weight is 358 g/mol. The standard InChI is InChI=1S/C18H19FN4O3/c19-14-3-1-2-4-15(14)22-16(24)13-11-20-17(21-12-13)23-7-5-18(6-8-23)25-9-10-26-18/h1-4,11-12H,5-10H2,(H,22,24). The second kappa shape index (κ2) is 6.97. The van der Waals surface area contributed by atoms with Crippen LogP contribution < -0.4 is 10.2 Å².